The summed E-state index contributed by atoms with van der Waals surface area (Å²) < 4.78 is 23.0. The standard InChI is InChI=1S/C70H123NO8/c1-6-8-10-12-14-16-18-20-22-24-26-28-30-31-32-33-34-35-36-37-39-41-43-45-47-49-51-53-55-57-59-61-68(73)79-66(65-78-70(69(74)75)76-63-62-71(3,4)5)64-77-67(72)60-58-56-54-52-50-48-46-44-42-40-38-29-27-25-23-21-19-17-15-13-11-9-7-2/h8,10,14,16,19-22,25-28,31-32,66,70H,6-7,9,11-13,15,17-18,23-24,29-30,33-65H2,1-5H3/p+1/b10-8-,16-14-,21-19-,22-20-,27-25-,28-26-,32-31-. The Kier molecular flexibility index (Phi) is 57.9. The molecule has 0 aromatic carbocycles. The van der Waals surface area contributed by atoms with Gasteiger partial charge in [0.1, 0.15) is 13.2 Å². The van der Waals surface area contributed by atoms with Gasteiger partial charge in [0.15, 0.2) is 6.10 Å². The lowest BCUT2D eigenvalue weighted by Crippen LogP contribution is -2.40. The normalized spacial score (nSPS) is 13.3. The summed E-state index contributed by atoms with van der Waals surface area (Å²) in [6, 6.07) is 0. The predicted molar refractivity (Wildman–Crippen MR) is 336 cm³/mol. The molecule has 0 saturated carbocycles. The van der Waals surface area contributed by atoms with Gasteiger partial charge in [-0.1, -0.05) is 266 Å². The maximum absolute atomic E-state index is 12.9. The maximum atomic E-state index is 12.9. The number of quaternary nitrogens is 1. The van der Waals surface area contributed by atoms with Crippen molar-refractivity contribution in [3.8, 4) is 0 Å². The first-order valence-electron chi connectivity index (χ1n) is 32.8. The number of esters is 2. The Morgan fingerprint density at radius 2 is 0.722 bits per heavy atom. The van der Waals surface area contributed by atoms with E-state index in [-0.39, 0.29) is 32.2 Å². The molecule has 79 heavy (non-hydrogen) atoms. The third kappa shape index (κ3) is 61.9. The van der Waals surface area contributed by atoms with Crippen molar-refractivity contribution in [2.45, 2.75) is 296 Å². The van der Waals surface area contributed by atoms with Gasteiger partial charge < -0.3 is 28.5 Å². The van der Waals surface area contributed by atoms with Gasteiger partial charge in [0.2, 0.25) is 0 Å². The molecular formula is C70H124NO8+. The lowest BCUT2D eigenvalue weighted by Gasteiger charge is -2.25. The van der Waals surface area contributed by atoms with Gasteiger partial charge in [0.25, 0.3) is 6.29 Å². The van der Waals surface area contributed by atoms with Gasteiger partial charge in [0.05, 0.1) is 34.4 Å². The van der Waals surface area contributed by atoms with Crippen LogP contribution in [0.2, 0.25) is 0 Å². The van der Waals surface area contributed by atoms with E-state index in [0.717, 1.165) is 77.0 Å². The zero-order chi connectivity index (χ0) is 57.6. The summed E-state index contributed by atoms with van der Waals surface area (Å²) in [5.74, 6) is -2.00. The van der Waals surface area contributed by atoms with Crippen LogP contribution in [0.5, 0.6) is 0 Å². The van der Waals surface area contributed by atoms with Crippen LogP contribution in [0.25, 0.3) is 0 Å². The average molecular weight is 1110 g/mol. The average Bonchev–Trinajstić information content (AvgIpc) is 3.42. The number of carbonyl (C=O) groups is 3. The molecule has 0 aliphatic carbocycles. The van der Waals surface area contributed by atoms with E-state index < -0.39 is 24.3 Å². The number of hydrogen-bond donors (Lipinski definition) is 1. The van der Waals surface area contributed by atoms with Crippen LogP contribution in [0, 0.1) is 0 Å². The molecule has 0 aromatic rings. The van der Waals surface area contributed by atoms with Gasteiger partial charge in [-0.25, -0.2) is 4.79 Å². The number of carbonyl (C=O) groups excluding carboxylic acids is 2. The van der Waals surface area contributed by atoms with Crippen LogP contribution in [0.1, 0.15) is 284 Å². The molecule has 0 amide bonds. The van der Waals surface area contributed by atoms with Gasteiger partial charge in [-0.3, -0.25) is 9.59 Å². The molecule has 0 aliphatic rings. The van der Waals surface area contributed by atoms with Crippen molar-refractivity contribution in [3.63, 3.8) is 0 Å². The maximum Gasteiger partial charge on any atom is 0.361 e. The van der Waals surface area contributed by atoms with Gasteiger partial charge in [-0.05, 0) is 89.9 Å². The minimum atomic E-state index is -1.51. The van der Waals surface area contributed by atoms with E-state index in [1.165, 1.54) is 180 Å². The van der Waals surface area contributed by atoms with E-state index in [1.54, 1.807) is 0 Å². The fraction of sp³-hybridized carbons (Fsp3) is 0.757. The Bertz CT molecular complexity index is 1570. The van der Waals surface area contributed by atoms with Crippen LogP contribution in [-0.2, 0) is 33.3 Å². The minimum Gasteiger partial charge on any atom is -0.477 e. The number of ether oxygens (including phenoxy) is 4. The van der Waals surface area contributed by atoms with Crippen molar-refractivity contribution in [2.75, 3.05) is 47.5 Å². The molecular weight excluding hydrogens is 983 g/mol. The van der Waals surface area contributed by atoms with Crippen LogP contribution < -0.4 is 0 Å². The Balaban J connectivity index is 4.15. The molecule has 2 unspecified atom stereocenters. The van der Waals surface area contributed by atoms with E-state index >= 15 is 0 Å². The fourth-order valence-corrected chi connectivity index (χ4v) is 9.13. The second-order valence-electron chi connectivity index (χ2n) is 23.0. The molecule has 1 N–H and O–H groups in total. The smallest absolute Gasteiger partial charge is 0.361 e. The van der Waals surface area contributed by atoms with E-state index in [4.69, 9.17) is 18.9 Å². The van der Waals surface area contributed by atoms with E-state index in [2.05, 4.69) is 98.9 Å². The molecule has 0 heterocycles. The number of carboxylic acid groups (broad SMARTS) is 1. The molecule has 0 fully saturated rings. The summed E-state index contributed by atoms with van der Waals surface area (Å²) in [7, 11) is 5.98. The molecule has 456 valence electrons. The van der Waals surface area contributed by atoms with Crippen LogP contribution in [-0.4, -0.2) is 87.4 Å². The lowest BCUT2D eigenvalue weighted by molar-refractivity contribution is -0.870. The van der Waals surface area contributed by atoms with Crippen molar-refractivity contribution in [1.29, 1.82) is 0 Å². The monoisotopic (exact) mass is 1110 g/mol. The molecule has 2 atom stereocenters. The highest BCUT2D eigenvalue weighted by molar-refractivity contribution is 5.71. The van der Waals surface area contributed by atoms with E-state index in [9.17, 15) is 19.5 Å². The number of nitrogens with zero attached hydrogens (tertiary/aromatic N) is 1. The Labute approximate surface area is 487 Å². The van der Waals surface area contributed by atoms with Gasteiger partial charge >= 0.3 is 17.9 Å². The summed E-state index contributed by atoms with van der Waals surface area (Å²) in [4.78, 5) is 37.6. The predicted octanol–water partition coefficient (Wildman–Crippen LogP) is 19.9. The topological polar surface area (TPSA) is 108 Å². The molecule has 0 radical (unpaired) electrons. The van der Waals surface area contributed by atoms with Crippen molar-refractivity contribution >= 4 is 17.9 Å². The number of carboxylic acids is 1. The van der Waals surface area contributed by atoms with E-state index in [0.29, 0.717) is 17.4 Å². The lowest BCUT2D eigenvalue weighted by atomic mass is 10.0. The number of hydrogen-bond acceptors (Lipinski definition) is 7. The van der Waals surface area contributed by atoms with Crippen LogP contribution in [0.15, 0.2) is 85.1 Å². The molecule has 0 saturated heterocycles. The second-order valence-corrected chi connectivity index (χ2v) is 23.0. The number of rotatable bonds is 60. The van der Waals surface area contributed by atoms with Crippen LogP contribution in [0.4, 0.5) is 0 Å². The van der Waals surface area contributed by atoms with Gasteiger partial charge in [-0.2, -0.15) is 0 Å². The SMILES string of the molecule is CC/C=C\C/C=C\C/C=C\C/C=C\C/C=C\CCCCCCCCCCCCCCCCCC(=O)OC(COC(=O)CCCCCCCCCCCCC/C=C\C/C=C\CCCCCCC)COC(OCC[N+](C)(C)C)C(=O)O. The third-order valence-corrected chi connectivity index (χ3v) is 14.1. The van der Waals surface area contributed by atoms with Crippen molar-refractivity contribution < 1.29 is 42.9 Å². The number of aliphatic carboxylic acids is 1. The van der Waals surface area contributed by atoms with Crippen molar-refractivity contribution in [2.24, 2.45) is 0 Å². The number of allylic oxidation sites excluding steroid dienone is 14. The summed E-state index contributed by atoms with van der Waals surface area (Å²) in [5.41, 5.74) is 0. The first kappa shape index (κ1) is 75.5. The highest BCUT2D eigenvalue weighted by Gasteiger charge is 2.25. The fourth-order valence-electron chi connectivity index (χ4n) is 9.13. The van der Waals surface area contributed by atoms with Gasteiger partial charge in [0, 0.05) is 12.8 Å². The van der Waals surface area contributed by atoms with Gasteiger partial charge in [-0.15, -0.1) is 0 Å². The number of likely N-dealkylation sites (N-methyl/N-ethyl adjacent to an activating group) is 1. The van der Waals surface area contributed by atoms with Crippen molar-refractivity contribution in [3.05, 3.63) is 85.1 Å². The molecule has 9 nitrogen and oxygen atoms in total. The van der Waals surface area contributed by atoms with Crippen LogP contribution >= 0.6 is 0 Å². The van der Waals surface area contributed by atoms with Crippen molar-refractivity contribution in [1.82, 2.24) is 0 Å². The molecule has 0 aromatic heterocycles. The summed E-state index contributed by atoms with van der Waals surface area (Å²) in [6.07, 6.45) is 78.2. The summed E-state index contributed by atoms with van der Waals surface area (Å²) >= 11 is 0. The molecule has 0 aliphatic heterocycles. The molecule has 9 heteroatoms. The largest absolute Gasteiger partial charge is 0.477 e. The van der Waals surface area contributed by atoms with E-state index in [1.807, 2.05) is 21.1 Å². The molecule has 0 bridgehead atoms. The zero-order valence-electron chi connectivity index (χ0n) is 52.0. The first-order chi connectivity index (χ1) is 38.6. The summed E-state index contributed by atoms with van der Waals surface area (Å²) in [5, 5.41) is 9.73. The Morgan fingerprint density at radius 3 is 1.08 bits per heavy atom. The molecule has 0 spiro atoms. The minimum absolute atomic E-state index is 0.184. The third-order valence-electron chi connectivity index (χ3n) is 14.1. The number of unbranched alkanes of at least 4 members (excludes halogenated alkanes) is 31. The quantitative estimate of drug-likeness (QED) is 0.0211. The first-order valence-corrected chi connectivity index (χ1v) is 32.8. The Morgan fingerprint density at radius 1 is 0.392 bits per heavy atom. The Hall–Kier alpha value is -3.53. The highest BCUT2D eigenvalue weighted by Crippen LogP contribution is 2.17. The summed E-state index contributed by atoms with van der Waals surface area (Å²) in [6.45, 7) is 4.78. The highest BCUT2D eigenvalue weighted by atomic mass is 16.7. The zero-order valence-corrected chi connectivity index (χ0v) is 52.0. The molecule has 0 rings (SSSR count). The second kappa shape index (κ2) is 60.6. The van der Waals surface area contributed by atoms with Crippen LogP contribution in [0.3, 0.4) is 0 Å².